The van der Waals surface area contributed by atoms with Crippen molar-refractivity contribution in [3.05, 3.63) is 82.3 Å². The van der Waals surface area contributed by atoms with Crippen LogP contribution in [0.25, 0.3) is 11.4 Å². The number of benzene rings is 1. The summed E-state index contributed by atoms with van der Waals surface area (Å²) in [5.74, 6) is -0.0449. The maximum Gasteiger partial charge on any atom is 0.254 e. The molecule has 28 heavy (non-hydrogen) atoms. The second kappa shape index (κ2) is 9.27. The van der Waals surface area contributed by atoms with E-state index in [1.54, 1.807) is 42.4 Å². The molecule has 1 amide bonds. The van der Waals surface area contributed by atoms with Gasteiger partial charge in [-0.05, 0) is 42.7 Å². The van der Waals surface area contributed by atoms with Gasteiger partial charge in [0.15, 0.2) is 0 Å². The van der Waals surface area contributed by atoms with Crippen LogP contribution in [0.1, 0.15) is 28.5 Å². The first-order chi connectivity index (χ1) is 13.6. The number of thioether (sulfide) groups is 1. The van der Waals surface area contributed by atoms with Crippen LogP contribution in [0.15, 0.2) is 59.7 Å². The molecule has 0 aliphatic heterocycles. The number of H-pyrrole nitrogens is 1. The number of hydrogen-bond donors (Lipinski definition) is 2. The van der Waals surface area contributed by atoms with E-state index in [9.17, 15) is 14.0 Å². The van der Waals surface area contributed by atoms with Crippen molar-refractivity contribution in [1.82, 2.24) is 20.3 Å². The van der Waals surface area contributed by atoms with Crippen LogP contribution in [-0.4, -0.2) is 32.9 Å². The Morgan fingerprint density at radius 3 is 2.82 bits per heavy atom. The van der Waals surface area contributed by atoms with Crippen LogP contribution in [0.3, 0.4) is 0 Å². The molecule has 2 aromatic heterocycles. The van der Waals surface area contributed by atoms with Gasteiger partial charge in [-0.3, -0.25) is 14.6 Å². The Morgan fingerprint density at radius 1 is 1.29 bits per heavy atom. The summed E-state index contributed by atoms with van der Waals surface area (Å²) in [6.45, 7) is 0. The minimum absolute atomic E-state index is 0.0472. The van der Waals surface area contributed by atoms with Crippen molar-refractivity contribution < 1.29 is 9.18 Å². The zero-order valence-electron chi connectivity index (χ0n) is 15.2. The van der Waals surface area contributed by atoms with Crippen molar-refractivity contribution in [3.8, 4) is 11.4 Å². The lowest BCUT2D eigenvalue weighted by Crippen LogP contribution is -2.31. The van der Waals surface area contributed by atoms with E-state index in [2.05, 4.69) is 20.3 Å². The number of nitrogens with zero attached hydrogens (tertiary/aromatic N) is 2. The number of nitrogens with one attached hydrogen (secondary N) is 2. The SMILES string of the molecule is CSCC[C@H](NC(=O)c1ccccc1F)c1cc(=O)[nH]c(-c2cccnc2)n1. The summed E-state index contributed by atoms with van der Waals surface area (Å²) in [5.41, 5.74) is 0.693. The second-order valence-corrected chi connectivity index (χ2v) is 7.03. The largest absolute Gasteiger partial charge is 0.344 e. The van der Waals surface area contributed by atoms with Crippen molar-refractivity contribution in [2.45, 2.75) is 12.5 Å². The van der Waals surface area contributed by atoms with E-state index in [0.29, 0.717) is 23.5 Å². The van der Waals surface area contributed by atoms with Gasteiger partial charge in [-0.15, -0.1) is 0 Å². The predicted molar refractivity (Wildman–Crippen MR) is 108 cm³/mol. The standard InChI is InChI=1S/C20H19FN4O2S/c1-28-10-8-16(24-20(27)14-6-2-3-7-15(14)21)17-11-18(26)25-19(23-17)13-5-4-9-22-12-13/h2-7,9,11-12,16H,8,10H2,1H3,(H,24,27)(H,23,25,26)/t16-/m0/s1. The third-order valence-corrected chi connectivity index (χ3v) is 4.73. The van der Waals surface area contributed by atoms with E-state index in [1.807, 2.05) is 6.26 Å². The van der Waals surface area contributed by atoms with E-state index >= 15 is 0 Å². The minimum Gasteiger partial charge on any atom is -0.344 e. The molecule has 0 saturated carbocycles. The zero-order chi connectivity index (χ0) is 19.9. The van der Waals surface area contributed by atoms with Crippen LogP contribution >= 0.6 is 11.8 Å². The number of carbonyl (C=O) groups is 1. The summed E-state index contributed by atoms with van der Waals surface area (Å²) in [6, 6.07) is 10.1. The van der Waals surface area contributed by atoms with Crippen LogP contribution in [-0.2, 0) is 0 Å². The van der Waals surface area contributed by atoms with Gasteiger partial charge in [-0.1, -0.05) is 12.1 Å². The van der Waals surface area contributed by atoms with Gasteiger partial charge in [0.05, 0.1) is 17.3 Å². The average molecular weight is 398 g/mol. The first-order valence-electron chi connectivity index (χ1n) is 8.64. The number of halogens is 1. The zero-order valence-corrected chi connectivity index (χ0v) is 16.0. The van der Waals surface area contributed by atoms with Crippen molar-refractivity contribution >= 4 is 17.7 Å². The van der Waals surface area contributed by atoms with Crippen LogP contribution in [0, 0.1) is 5.82 Å². The van der Waals surface area contributed by atoms with Crippen molar-refractivity contribution in [2.24, 2.45) is 0 Å². The Kier molecular flexibility index (Phi) is 6.54. The fourth-order valence-electron chi connectivity index (χ4n) is 2.71. The summed E-state index contributed by atoms with van der Waals surface area (Å²) >= 11 is 1.61. The van der Waals surface area contributed by atoms with E-state index in [-0.39, 0.29) is 11.1 Å². The second-order valence-electron chi connectivity index (χ2n) is 6.05. The Morgan fingerprint density at radius 2 is 2.11 bits per heavy atom. The van der Waals surface area contributed by atoms with E-state index in [0.717, 1.165) is 5.75 Å². The Labute approximate surface area is 165 Å². The van der Waals surface area contributed by atoms with Gasteiger partial charge in [0.25, 0.3) is 11.5 Å². The highest BCUT2D eigenvalue weighted by molar-refractivity contribution is 7.98. The van der Waals surface area contributed by atoms with Crippen LogP contribution < -0.4 is 10.9 Å². The van der Waals surface area contributed by atoms with Crippen molar-refractivity contribution in [3.63, 3.8) is 0 Å². The molecular weight excluding hydrogens is 379 g/mol. The number of hydrogen-bond acceptors (Lipinski definition) is 5. The smallest absolute Gasteiger partial charge is 0.254 e. The highest BCUT2D eigenvalue weighted by Crippen LogP contribution is 2.20. The van der Waals surface area contributed by atoms with E-state index in [4.69, 9.17) is 0 Å². The fraction of sp³-hybridized carbons (Fsp3) is 0.200. The number of pyridine rings is 1. The topological polar surface area (TPSA) is 87.7 Å². The molecule has 0 aliphatic rings. The fourth-order valence-corrected chi connectivity index (χ4v) is 3.18. The van der Waals surface area contributed by atoms with Gasteiger partial charge in [0.2, 0.25) is 0 Å². The molecular formula is C20H19FN4O2S. The third kappa shape index (κ3) is 4.83. The maximum atomic E-state index is 14.0. The maximum absolute atomic E-state index is 14.0. The van der Waals surface area contributed by atoms with Gasteiger partial charge in [-0.25, -0.2) is 9.37 Å². The van der Waals surface area contributed by atoms with Crippen molar-refractivity contribution in [1.29, 1.82) is 0 Å². The summed E-state index contributed by atoms with van der Waals surface area (Å²) < 4.78 is 14.0. The normalized spacial score (nSPS) is 11.8. The van der Waals surface area contributed by atoms with Crippen LogP contribution in [0.4, 0.5) is 4.39 Å². The Bertz CT molecular complexity index is 1010. The summed E-state index contributed by atoms with van der Waals surface area (Å²) in [7, 11) is 0. The van der Waals surface area contributed by atoms with Crippen molar-refractivity contribution in [2.75, 3.05) is 12.0 Å². The third-order valence-electron chi connectivity index (χ3n) is 4.09. The summed E-state index contributed by atoms with van der Waals surface area (Å²) in [6.07, 6.45) is 5.71. The lowest BCUT2D eigenvalue weighted by molar-refractivity contribution is 0.0931. The molecule has 2 N–H and O–H groups in total. The predicted octanol–water partition coefficient (Wildman–Crippen LogP) is 3.20. The van der Waals surface area contributed by atoms with Gasteiger partial charge < -0.3 is 10.3 Å². The monoisotopic (exact) mass is 398 g/mol. The molecule has 0 bridgehead atoms. The first-order valence-corrected chi connectivity index (χ1v) is 10.0. The number of aromatic nitrogens is 3. The van der Waals surface area contributed by atoms with Gasteiger partial charge in [0.1, 0.15) is 11.6 Å². The molecule has 144 valence electrons. The molecule has 0 aliphatic carbocycles. The van der Waals surface area contributed by atoms with Gasteiger partial charge in [0, 0.05) is 24.0 Å². The van der Waals surface area contributed by atoms with E-state index < -0.39 is 17.8 Å². The van der Waals surface area contributed by atoms with Gasteiger partial charge in [-0.2, -0.15) is 11.8 Å². The van der Waals surface area contributed by atoms with Crippen LogP contribution in [0.2, 0.25) is 0 Å². The molecule has 3 aromatic rings. The number of aromatic amines is 1. The number of rotatable bonds is 7. The molecule has 1 aromatic carbocycles. The minimum atomic E-state index is -0.599. The molecule has 6 nitrogen and oxygen atoms in total. The molecule has 1 atom stereocenters. The summed E-state index contributed by atoms with van der Waals surface area (Å²) in [4.78, 5) is 36.0. The number of carbonyl (C=O) groups excluding carboxylic acids is 1. The lowest BCUT2D eigenvalue weighted by atomic mass is 10.1. The Balaban J connectivity index is 1.93. The highest BCUT2D eigenvalue weighted by atomic mass is 32.2. The van der Waals surface area contributed by atoms with E-state index in [1.165, 1.54) is 24.3 Å². The van der Waals surface area contributed by atoms with Gasteiger partial charge >= 0.3 is 0 Å². The molecule has 3 rings (SSSR count). The highest BCUT2D eigenvalue weighted by Gasteiger charge is 2.20. The number of amides is 1. The molecule has 8 heteroatoms. The lowest BCUT2D eigenvalue weighted by Gasteiger charge is -2.19. The summed E-state index contributed by atoms with van der Waals surface area (Å²) in [5, 5.41) is 2.81. The quantitative estimate of drug-likeness (QED) is 0.638. The molecule has 0 spiro atoms. The molecule has 2 heterocycles. The molecule has 0 fully saturated rings. The average Bonchev–Trinajstić information content (AvgIpc) is 2.71. The first kappa shape index (κ1) is 19.8. The van der Waals surface area contributed by atoms with Crippen LogP contribution in [0.5, 0.6) is 0 Å². The molecule has 0 radical (unpaired) electrons. The molecule has 0 unspecified atom stereocenters. The molecule has 0 saturated heterocycles. The Hall–Kier alpha value is -3.00.